The van der Waals surface area contributed by atoms with Gasteiger partial charge in [0.1, 0.15) is 5.78 Å². The van der Waals surface area contributed by atoms with Gasteiger partial charge in [0.15, 0.2) is 5.13 Å². The molecule has 0 aliphatic rings. The van der Waals surface area contributed by atoms with E-state index in [-0.39, 0.29) is 5.78 Å². The first-order chi connectivity index (χ1) is 7.74. The summed E-state index contributed by atoms with van der Waals surface area (Å²) in [6.07, 6.45) is 1.81. The molecule has 3 nitrogen and oxygen atoms in total. The molecule has 0 aliphatic heterocycles. The molecule has 0 spiro atoms. The Morgan fingerprint density at radius 1 is 1.44 bits per heavy atom. The van der Waals surface area contributed by atoms with Crippen LogP contribution in [0.25, 0.3) is 0 Å². The first-order valence-electron chi connectivity index (χ1n) is 4.98. The predicted molar refractivity (Wildman–Crippen MR) is 67.9 cm³/mol. The van der Waals surface area contributed by atoms with E-state index in [1.54, 1.807) is 11.3 Å². The van der Waals surface area contributed by atoms with Gasteiger partial charge in [-0.3, -0.25) is 4.79 Å². The molecule has 0 unspecified atom stereocenters. The number of thiophene rings is 1. The minimum atomic E-state index is 0.221. The van der Waals surface area contributed by atoms with Gasteiger partial charge in [-0.25, -0.2) is 4.98 Å². The standard InChI is InChI=1S/C11H12N2OS2/c12-11-13-8(7-16-11)6-9(14)3-4-10-2-1-5-15-10/h1-2,5,7H,3-4,6H2,(H2,12,13). The van der Waals surface area contributed by atoms with E-state index in [0.29, 0.717) is 18.0 Å². The SMILES string of the molecule is Nc1nc(CC(=O)CCc2cccs2)cs1. The minimum Gasteiger partial charge on any atom is -0.375 e. The first kappa shape index (κ1) is 11.3. The number of hydrogen-bond donors (Lipinski definition) is 1. The van der Waals surface area contributed by atoms with Crippen LogP contribution in [-0.2, 0) is 17.6 Å². The van der Waals surface area contributed by atoms with E-state index in [4.69, 9.17) is 5.73 Å². The number of nitrogens with zero attached hydrogens (tertiary/aromatic N) is 1. The molecule has 0 aromatic carbocycles. The van der Waals surface area contributed by atoms with Crippen molar-refractivity contribution in [2.24, 2.45) is 0 Å². The molecule has 84 valence electrons. The number of carbonyl (C=O) groups excluding carboxylic acids is 1. The second-order valence-electron chi connectivity index (χ2n) is 3.47. The van der Waals surface area contributed by atoms with Gasteiger partial charge in [0, 0.05) is 23.1 Å². The fourth-order valence-corrected chi connectivity index (χ4v) is 2.68. The Balaban J connectivity index is 1.81. The summed E-state index contributed by atoms with van der Waals surface area (Å²) in [5.74, 6) is 0.221. The molecule has 0 amide bonds. The average Bonchev–Trinajstić information content (AvgIpc) is 2.87. The van der Waals surface area contributed by atoms with Crippen LogP contribution in [0.1, 0.15) is 17.0 Å². The number of hydrogen-bond acceptors (Lipinski definition) is 5. The summed E-state index contributed by atoms with van der Waals surface area (Å²) in [6.45, 7) is 0. The third-order valence-electron chi connectivity index (χ3n) is 2.18. The molecule has 2 aromatic heterocycles. The van der Waals surface area contributed by atoms with E-state index in [1.807, 2.05) is 16.8 Å². The predicted octanol–water partition coefficient (Wildman–Crippen LogP) is 2.53. The molecular weight excluding hydrogens is 240 g/mol. The monoisotopic (exact) mass is 252 g/mol. The van der Waals surface area contributed by atoms with Crippen molar-refractivity contribution in [2.45, 2.75) is 19.3 Å². The van der Waals surface area contributed by atoms with Gasteiger partial charge in [0.25, 0.3) is 0 Å². The van der Waals surface area contributed by atoms with Crippen molar-refractivity contribution >= 4 is 33.6 Å². The maximum atomic E-state index is 11.6. The Morgan fingerprint density at radius 2 is 2.31 bits per heavy atom. The van der Waals surface area contributed by atoms with Crippen molar-refractivity contribution in [2.75, 3.05) is 5.73 Å². The third kappa shape index (κ3) is 3.15. The lowest BCUT2D eigenvalue weighted by atomic mass is 10.1. The number of nitrogen functional groups attached to an aromatic ring is 1. The highest BCUT2D eigenvalue weighted by Gasteiger charge is 2.07. The largest absolute Gasteiger partial charge is 0.375 e. The second kappa shape index (κ2) is 5.23. The van der Waals surface area contributed by atoms with Crippen LogP contribution < -0.4 is 5.73 Å². The smallest absolute Gasteiger partial charge is 0.180 e. The van der Waals surface area contributed by atoms with Crippen LogP contribution in [-0.4, -0.2) is 10.8 Å². The average molecular weight is 252 g/mol. The van der Waals surface area contributed by atoms with E-state index in [0.717, 1.165) is 12.1 Å². The zero-order valence-corrected chi connectivity index (χ0v) is 10.3. The van der Waals surface area contributed by atoms with Crippen LogP contribution in [0.15, 0.2) is 22.9 Å². The van der Waals surface area contributed by atoms with E-state index < -0.39 is 0 Å². The quantitative estimate of drug-likeness (QED) is 0.889. The molecule has 0 aliphatic carbocycles. The molecule has 0 saturated heterocycles. The molecule has 0 bridgehead atoms. The lowest BCUT2D eigenvalue weighted by Crippen LogP contribution is -2.04. The summed E-state index contributed by atoms with van der Waals surface area (Å²) in [5.41, 5.74) is 6.29. The number of aryl methyl sites for hydroxylation is 1. The van der Waals surface area contributed by atoms with Crippen LogP contribution >= 0.6 is 22.7 Å². The van der Waals surface area contributed by atoms with Crippen molar-refractivity contribution in [1.82, 2.24) is 4.98 Å². The molecule has 2 heterocycles. The summed E-state index contributed by atoms with van der Waals surface area (Å²) in [5, 5.41) is 4.40. The van der Waals surface area contributed by atoms with Crippen LogP contribution in [0.5, 0.6) is 0 Å². The van der Waals surface area contributed by atoms with Crippen molar-refractivity contribution in [3.05, 3.63) is 33.5 Å². The molecule has 0 radical (unpaired) electrons. The molecule has 2 rings (SSSR count). The zero-order valence-electron chi connectivity index (χ0n) is 8.68. The van der Waals surface area contributed by atoms with Crippen LogP contribution in [0, 0.1) is 0 Å². The molecule has 0 fully saturated rings. The molecule has 2 N–H and O–H groups in total. The van der Waals surface area contributed by atoms with Gasteiger partial charge in [0.2, 0.25) is 0 Å². The highest BCUT2D eigenvalue weighted by atomic mass is 32.1. The first-order valence-corrected chi connectivity index (χ1v) is 6.74. The highest BCUT2D eigenvalue weighted by molar-refractivity contribution is 7.13. The lowest BCUT2D eigenvalue weighted by Gasteiger charge is -1.97. The van der Waals surface area contributed by atoms with E-state index in [1.165, 1.54) is 16.2 Å². The summed E-state index contributed by atoms with van der Waals surface area (Å²) in [6, 6.07) is 4.06. The Bertz CT molecular complexity index is 462. The Hall–Kier alpha value is -1.20. The summed E-state index contributed by atoms with van der Waals surface area (Å²) < 4.78 is 0. The number of carbonyl (C=O) groups is 1. The van der Waals surface area contributed by atoms with E-state index in [9.17, 15) is 4.79 Å². The second-order valence-corrected chi connectivity index (χ2v) is 5.39. The van der Waals surface area contributed by atoms with Crippen molar-refractivity contribution in [3.63, 3.8) is 0 Å². The fraction of sp³-hybridized carbons (Fsp3) is 0.273. The zero-order chi connectivity index (χ0) is 11.4. The molecule has 16 heavy (non-hydrogen) atoms. The van der Waals surface area contributed by atoms with Gasteiger partial charge in [-0.15, -0.1) is 22.7 Å². The number of aromatic nitrogens is 1. The van der Waals surface area contributed by atoms with Crippen LogP contribution in [0.4, 0.5) is 5.13 Å². The Kier molecular flexibility index (Phi) is 3.69. The molecule has 5 heteroatoms. The van der Waals surface area contributed by atoms with E-state index in [2.05, 4.69) is 11.1 Å². The maximum absolute atomic E-state index is 11.6. The van der Waals surface area contributed by atoms with Crippen molar-refractivity contribution < 1.29 is 4.79 Å². The lowest BCUT2D eigenvalue weighted by molar-refractivity contribution is -0.118. The molecule has 0 saturated carbocycles. The number of anilines is 1. The van der Waals surface area contributed by atoms with Gasteiger partial charge in [0.05, 0.1) is 5.69 Å². The van der Waals surface area contributed by atoms with Crippen molar-refractivity contribution in [1.29, 1.82) is 0 Å². The van der Waals surface area contributed by atoms with Gasteiger partial charge >= 0.3 is 0 Å². The topological polar surface area (TPSA) is 56.0 Å². The molecule has 0 atom stereocenters. The van der Waals surface area contributed by atoms with E-state index >= 15 is 0 Å². The Morgan fingerprint density at radius 3 is 2.94 bits per heavy atom. The highest BCUT2D eigenvalue weighted by Crippen LogP contribution is 2.14. The normalized spacial score (nSPS) is 10.5. The summed E-state index contributed by atoms with van der Waals surface area (Å²) in [7, 11) is 0. The number of rotatable bonds is 5. The van der Waals surface area contributed by atoms with Crippen molar-refractivity contribution in [3.8, 4) is 0 Å². The molecule has 2 aromatic rings. The number of thiazole rings is 1. The number of Topliss-reactive ketones (excluding diaryl/α,β-unsaturated/α-hetero) is 1. The molecular formula is C11H12N2OS2. The third-order valence-corrected chi connectivity index (χ3v) is 3.84. The fourth-order valence-electron chi connectivity index (χ4n) is 1.41. The minimum absolute atomic E-state index is 0.221. The number of ketones is 1. The summed E-state index contributed by atoms with van der Waals surface area (Å²) >= 11 is 3.07. The van der Waals surface area contributed by atoms with Crippen LogP contribution in [0.3, 0.4) is 0 Å². The summed E-state index contributed by atoms with van der Waals surface area (Å²) in [4.78, 5) is 17.0. The van der Waals surface area contributed by atoms with Crippen LogP contribution in [0.2, 0.25) is 0 Å². The van der Waals surface area contributed by atoms with Gasteiger partial charge < -0.3 is 5.73 Å². The maximum Gasteiger partial charge on any atom is 0.180 e. The van der Waals surface area contributed by atoms with Gasteiger partial charge in [-0.1, -0.05) is 6.07 Å². The Labute approximate surface area is 102 Å². The van der Waals surface area contributed by atoms with Gasteiger partial charge in [-0.05, 0) is 17.9 Å². The number of nitrogens with two attached hydrogens (primary N) is 1. The van der Waals surface area contributed by atoms with Gasteiger partial charge in [-0.2, -0.15) is 0 Å².